The van der Waals surface area contributed by atoms with Gasteiger partial charge in [0.05, 0.1) is 12.1 Å². The van der Waals surface area contributed by atoms with Crippen molar-refractivity contribution in [1.29, 1.82) is 0 Å². The molecule has 104 valence electrons. The Bertz CT molecular complexity index is 398. The van der Waals surface area contributed by atoms with Gasteiger partial charge in [0.15, 0.2) is 0 Å². The van der Waals surface area contributed by atoms with Gasteiger partial charge in [-0.15, -0.1) is 0 Å². The molecule has 19 heavy (non-hydrogen) atoms. The molecule has 2 atom stereocenters. The number of ether oxygens (including phenoxy) is 1. The van der Waals surface area contributed by atoms with Crippen molar-refractivity contribution < 1.29 is 4.74 Å². The molecule has 2 saturated heterocycles. The third kappa shape index (κ3) is 3.03. The molecule has 0 spiro atoms. The lowest BCUT2D eigenvalue weighted by Crippen LogP contribution is -2.29. The zero-order chi connectivity index (χ0) is 13.1. The molecule has 2 unspecified atom stereocenters. The topological polar surface area (TPSA) is 24.5 Å². The summed E-state index contributed by atoms with van der Waals surface area (Å²) in [5.41, 5.74) is 2.57. The van der Waals surface area contributed by atoms with Crippen molar-refractivity contribution >= 4 is 11.4 Å². The standard InChI is InChI=1S/C16H24N2O/c1-13-16(9-12-19-13)17-14-5-7-15(8-6-14)18-10-3-2-4-11-18/h5-8,13,16-17H,2-4,9-12H2,1H3. The Hall–Kier alpha value is -1.22. The number of nitrogens with one attached hydrogen (secondary N) is 1. The van der Waals surface area contributed by atoms with Crippen molar-refractivity contribution in [2.24, 2.45) is 0 Å². The number of rotatable bonds is 3. The van der Waals surface area contributed by atoms with Gasteiger partial charge < -0.3 is 15.0 Å². The molecule has 0 amide bonds. The summed E-state index contributed by atoms with van der Waals surface area (Å²) in [7, 11) is 0. The average molecular weight is 260 g/mol. The van der Waals surface area contributed by atoms with E-state index in [-0.39, 0.29) is 0 Å². The van der Waals surface area contributed by atoms with Crippen molar-refractivity contribution in [3.8, 4) is 0 Å². The summed E-state index contributed by atoms with van der Waals surface area (Å²) in [6.07, 6.45) is 5.47. The lowest BCUT2D eigenvalue weighted by molar-refractivity contribution is 0.121. The Balaban J connectivity index is 1.61. The van der Waals surface area contributed by atoms with Crippen LogP contribution in [0.1, 0.15) is 32.6 Å². The molecule has 0 aromatic heterocycles. The van der Waals surface area contributed by atoms with E-state index in [9.17, 15) is 0 Å². The molecule has 0 radical (unpaired) electrons. The van der Waals surface area contributed by atoms with Crippen LogP contribution in [0, 0.1) is 0 Å². The third-order valence-corrected chi connectivity index (χ3v) is 4.32. The van der Waals surface area contributed by atoms with Gasteiger partial charge in [-0.1, -0.05) is 0 Å². The van der Waals surface area contributed by atoms with Gasteiger partial charge in [0.1, 0.15) is 0 Å². The maximum absolute atomic E-state index is 5.59. The molecular formula is C16H24N2O. The van der Waals surface area contributed by atoms with Crippen LogP contribution in [-0.4, -0.2) is 31.8 Å². The molecule has 0 aliphatic carbocycles. The summed E-state index contributed by atoms with van der Waals surface area (Å²) in [5, 5.41) is 3.58. The van der Waals surface area contributed by atoms with Crippen molar-refractivity contribution in [2.75, 3.05) is 29.9 Å². The van der Waals surface area contributed by atoms with Gasteiger partial charge in [-0.3, -0.25) is 0 Å². The lowest BCUT2D eigenvalue weighted by Gasteiger charge is -2.29. The molecule has 3 heteroatoms. The maximum Gasteiger partial charge on any atom is 0.0748 e. The molecule has 0 bridgehead atoms. The Morgan fingerprint density at radius 3 is 2.47 bits per heavy atom. The van der Waals surface area contributed by atoms with Crippen LogP contribution in [0.15, 0.2) is 24.3 Å². The fourth-order valence-electron chi connectivity index (χ4n) is 3.06. The van der Waals surface area contributed by atoms with Crippen LogP contribution in [0.25, 0.3) is 0 Å². The summed E-state index contributed by atoms with van der Waals surface area (Å²) in [6.45, 7) is 5.44. The van der Waals surface area contributed by atoms with Crippen LogP contribution in [-0.2, 0) is 4.74 Å². The van der Waals surface area contributed by atoms with E-state index < -0.39 is 0 Å². The fraction of sp³-hybridized carbons (Fsp3) is 0.625. The quantitative estimate of drug-likeness (QED) is 0.902. The van der Waals surface area contributed by atoms with E-state index in [1.165, 1.54) is 43.7 Å². The SMILES string of the molecule is CC1OCCC1Nc1ccc(N2CCCCC2)cc1. The van der Waals surface area contributed by atoms with Gasteiger partial charge in [-0.25, -0.2) is 0 Å². The molecule has 3 nitrogen and oxygen atoms in total. The van der Waals surface area contributed by atoms with Crippen molar-refractivity contribution in [2.45, 2.75) is 44.8 Å². The zero-order valence-corrected chi connectivity index (χ0v) is 11.8. The smallest absolute Gasteiger partial charge is 0.0748 e. The second-order valence-corrected chi connectivity index (χ2v) is 5.71. The first-order valence-corrected chi connectivity index (χ1v) is 7.56. The van der Waals surface area contributed by atoms with Gasteiger partial charge >= 0.3 is 0 Å². The molecule has 1 aromatic rings. The van der Waals surface area contributed by atoms with Gasteiger partial charge in [-0.05, 0) is 56.9 Å². The molecule has 2 aliphatic heterocycles. The van der Waals surface area contributed by atoms with E-state index in [1.54, 1.807) is 0 Å². The number of benzene rings is 1. The summed E-state index contributed by atoms with van der Waals surface area (Å²) >= 11 is 0. The highest BCUT2D eigenvalue weighted by Gasteiger charge is 2.23. The van der Waals surface area contributed by atoms with Crippen LogP contribution in [0.3, 0.4) is 0 Å². The Kier molecular flexibility index (Phi) is 3.92. The molecule has 1 aromatic carbocycles. The normalized spacial score (nSPS) is 27.5. The minimum absolute atomic E-state index is 0.321. The zero-order valence-electron chi connectivity index (χ0n) is 11.8. The van der Waals surface area contributed by atoms with Gasteiger partial charge in [0.25, 0.3) is 0 Å². The average Bonchev–Trinajstić information content (AvgIpc) is 2.86. The fourth-order valence-corrected chi connectivity index (χ4v) is 3.06. The summed E-state index contributed by atoms with van der Waals surface area (Å²) in [6, 6.07) is 9.35. The summed E-state index contributed by atoms with van der Waals surface area (Å²) < 4.78 is 5.59. The number of nitrogens with zero attached hydrogens (tertiary/aromatic N) is 1. The van der Waals surface area contributed by atoms with Gasteiger partial charge in [0.2, 0.25) is 0 Å². The number of hydrogen-bond donors (Lipinski definition) is 1. The number of hydrogen-bond acceptors (Lipinski definition) is 3. The van der Waals surface area contributed by atoms with Crippen LogP contribution in [0.2, 0.25) is 0 Å². The van der Waals surface area contributed by atoms with Crippen LogP contribution in [0.5, 0.6) is 0 Å². The van der Waals surface area contributed by atoms with E-state index >= 15 is 0 Å². The molecule has 3 rings (SSSR count). The Morgan fingerprint density at radius 2 is 1.84 bits per heavy atom. The monoisotopic (exact) mass is 260 g/mol. The van der Waals surface area contributed by atoms with E-state index in [4.69, 9.17) is 4.74 Å². The largest absolute Gasteiger partial charge is 0.380 e. The molecule has 2 aliphatic rings. The highest BCUT2D eigenvalue weighted by Crippen LogP contribution is 2.24. The Morgan fingerprint density at radius 1 is 1.11 bits per heavy atom. The minimum atomic E-state index is 0.321. The van der Waals surface area contributed by atoms with Crippen molar-refractivity contribution in [3.05, 3.63) is 24.3 Å². The Labute approximate surface area is 115 Å². The highest BCUT2D eigenvalue weighted by molar-refractivity contribution is 5.55. The van der Waals surface area contributed by atoms with Crippen LogP contribution >= 0.6 is 0 Å². The molecule has 0 saturated carbocycles. The van der Waals surface area contributed by atoms with E-state index in [2.05, 4.69) is 41.4 Å². The molecule has 1 N–H and O–H groups in total. The van der Waals surface area contributed by atoms with Crippen molar-refractivity contribution in [3.63, 3.8) is 0 Å². The number of anilines is 2. The summed E-state index contributed by atoms with van der Waals surface area (Å²) in [4.78, 5) is 2.49. The predicted octanol–water partition coefficient (Wildman–Crippen LogP) is 3.27. The second kappa shape index (κ2) is 5.83. The third-order valence-electron chi connectivity index (χ3n) is 4.32. The van der Waals surface area contributed by atoms with E-state index in [0.29, 0.717) is 12.1 Å². The minimum Gasteiger partial charge on any atom is -0.380 e. The van der Waals surface area contributed by atoms with E-state index in [0.717, 1.165) is 13.0 Å². The van der Waals surface area contributed by atoms with E-state index in [1.807, 2.05) is 0 Å². The maximum atomic E-state index is 5.59. The summed E-state index contributed by atoms with van der Waals surface area (Å²) in [5.74, 6) is 0. The highest BCUT2D eigenvalue weighted by atomic mass is 16.5. The second-order valence-electron chi connectivity index (χ2n) is 5.71. The predicted molar refractivity (Wildman–Crippen MR) is 79.9 cm³/mol. The first-order valence-electron chi connectivity index (χ1n) is 7.56. The first-order chi connectivity index (χ1) is 9.33. The lowest BCUT2D eigenvalue weighted by atomic mass is 10.1. The molecular weight excluding hydrogens is 236 g/mol. The number of piperidine rings is 1. The van der Waals surface area contributed by atoms with Gasteiger partial charge in [-0.2, -0.15) is 0 Å². The van der Waals surface area contributed by atoms with Crippen LogP contribution in [0.4, 0.5) is 11.4 Å². The molecule has 2 heterocycles. The first kappa shape index (κ1) is 12.8. The van der Waals surface area contributed by atoms with Crippen molar-refractivity contribution in [1.82, 2.24) is 0 Å². The molecule has 2 fully saturated rings. The van der Waals surface area contributed by atoms with Crippen LogP contribution < -0.4 is 10.2 Å². The van der Waals surface area contributed by atoms with Gasteiger partial charge in [0, 0.05) is 31.1 Å².